The number of nitrogens with two attached hydrogens (primary N) is 1. The van der Waals surface area contributed by atoms with Crippen LogP contribution in [0.1, 0.15) is 18.9 Å². The molecule has 1 aromatic rings. The molecule has 1 aromatic carbocycles. The summed E-state index contributed by atoms with van der Waals surface area (Å²) in [5.41, 5.74) is 7.81. The third kappa shape index (κ3) is 4.49. The third-order valence-electron chi connectivity index (χ3n) is 2.31. The quantitative estimate of drug-likeness (QED) is 0.615. The van der Waals surface area contributed by atoms with Crippen LogP contribution in [-0.4, -0.2) is 14.9 Å². The number of benzene rings is 1. The van der Waals surface area contributed by atoms with Gasteiger partial charge in [0, 0.05) is 12.3 Å². The maximum Gasteiger partial charge on any atom is 0.190 e. The van der Waals surface area contributed by atoms with Crippen molar-refractivity contribution in [2.75, 3.05) is 12.3 Å². The average Bonchev–Trinajstić information content (AvgIpc) is 2.18. The molecular weight excluding hydrogens is 202 g/mol. The van der Waals surface area contributed by atoms with Gasteiger partial charge in [-0.3, -0.25) is 0 Å². The highest BCUT2D eigenvalue weighted by Crippen LogP contribution is 2.15. The molecule has 0 heterocycles. The van der Waals surface area contributed by atoms with Gasteiger partial charge in [-0.1, -0.05) is 19.1 Å². The molecule has 2 N–H and O–H groups in total. The van der Waals surface area contributed by atoms with E-state index in [1.54, 1.807) is 0 Å². The van der Waals surface area contributed by atoms with Gasteiger partial charge in [0.2, 0.25) is 0 Å². The smallest absolute Gasteiger partial charge is 0.190 e. The van der Waals surface area contributed by atoms with Crippen LogP contribution in [0.5, 0.6) is 0 Å². The van der Waals surface area contributed by atoms with Gasteiger partial charge in [0.25, 0.3) is 0 Å². The molecule has 0 bridgehead atoms. The summed E-state index contributed by atoms with van der Waals surface area (Å²) in [6, 6.07) is 9.17. The molecule has 0 aliphatic rings. The van der Waals surface area contributed by atoms with E-state index in [1.807, 2.05) is 12.1 Å². The number of hydrogen-bond donors (Lipinski definition) is 1. The molecule has 1 rings (SSSR count). The predicted octanol–water partition coefficient (Wildman–Crippen LogP) is 2.98. The first-order valence-electron chi connectivity index (χ1n) is 5.52. The zero-order valence-electron chi connectivity index (χ0n) is 9.92. The van der Waals surface area contributed by atoms with Crippen molar-refractivity contribution in [1.29, 1.82) is 0 Å². The van der Waals surface area contributed by atoms with Crippen LogP contribution in [0.3, 0.4) is 0 Å². The van der Waals surface area contributed by atoms with E-state index in [1.165, 1.54) is 5.56 Å². The van der Waals surface area contributed by atoms with Gasteiger partial charge < -0.3 is 10.2 Å². The second-order valence-electron chi connectivity index (χ2n) is 4.53. The van der Waals surface area contributed by atoms with Crippen molar-refractivity contribution < 1.29 is 4.43 Å². The summed E-state index contributed by atoms with van der Waals surface area (Å²) in [4.78, 5) is 0. The lowest BCUT2D eigenvalue weighted by molar-refractivity contribution is 0.306. The Bertz CT molecular complexity index is 295. The summed E-state index contributed by atoms with van der Waals surface area (Å²) >= 11 is 0. The Balaban J connectivity index is 2.56. The molecule has 0 saturated heterocycles. The molecule has 0 atom stereocenters. The summed E-state index contributed by atoms with van der Waals surface area (Å²) in [5, 5.41) is 0. The molecular formula is C12H21NOSi. The van der Waals surface area contributed by atoms with Crippen LogP contribution < -0.4 is 5.73 Å². The maximum atomic E-state index is 5.92. The zero-order chi connectivity index (χ0) is 11.3. The molecule has 15 heavy (non-hydrogen) atoms. The lowest BCUT2D eigenvalue weighted by Crippen LogP contribution is -2.34. The van der Waals surface area contributed by atoms with E-state index in [0.29, 0.717) is 0 Å². The molecule has 0 radical (unpaired) electrons. The van der Waals surface area contributed by atoms with E-state index in [9.17, 15) is 0 Å². The van der Waals surface area contributed by atoms with Gasteiger partial charge in [-0.15, -0.1) is 0 Å². The minimum atomic E-state index is -1.52. The molecule has 0 saturated carbocycles. The lowest BCUT2D eigenvalue weighted by Gasteiger charge is -2.22. The van der Waals surface area contributed by atoms with E-state index >= 15 is 0 Å². The lowest BCUT2D eigenvalue weighted by atomic mass is 10.2. The first-order valence-corrected chi connectivity index (χ1v) is 8.63. The monoisotopic (exact) mass is 223 g/mol. The van der Waals surface area contributed by atoms with Crippen LogP contribution in [0.4, 0.5) is 5.69 Å². The molecule has 0 unspecified atom stereocenters. The normalized spacial score (nSPS) is 11.7. The molecule has 0 aliphatic heterocycles. The standard InChI is InChI=1S/C12H21NOSi/c1-4-9-14-15(2,3)10-11-5-7-12(13)8-6-11/h5-8H,4,9-10,13H2,1-3H3. The Hall–Kier alpha value is -0.803. The Morgan fingerprint density at radius 2 is 1.80 bits per heavy atom. The van der Waals surface area contributed by atoms with Gasteiger partial charge in [-0.25, -0.2) is 0 Å². The fourth-order valence-corrected chi connectivity index (χ4v) is 3.63. The van der Waals surface area contributed by atoms with Crippen molar-refractivity contribution >= 4 is 14.0 Å². The van der Waals surface area contributed by atoms with E-state index in [4.69, 9.17) is 10.2 Å². The first-order chi connectivity index (χ1) is 7.03. The van der Waals surface area contributed by atoms with Crippen LogP contribution in [0.2, 0.25) is 13.1 Å². The molecule has 3 heteroatoms. The van der Waals surface area contributed by atoms with Crippen molar-refractivity contribution in [3.63, 3.8) is 0 Å². The molecule has 0 spiro atoms. The molecule has 2 nitrogen and oxygen atoms in total. The summed E-state index contributed by atoms with van der Waals surface area (Å²) in [5.74, 6) is 0. The van der Waals surface area contributed by atoms with E-state index in [2.05, 4.69) is 32.2 Å². The Labute approximate surface area is 93.6 Å². The SMILES string of the molecule is CCCO[Si](C)(C)Cc1ccc(N)cc1. The van der Waals surface area contributed by atoms with Crippen molar-refractivity contribution in [2.45, 2.75) is 32.5 Å². The highest BCUT2D eigenvalue weighted by molar-refractivity contribution is 6.70. The molecule has 84 valence electrons. The van der Waals surface area contributed by atoms with Gasteiger partial charge in [0.15, 0.2) is 8.32 Å². The van der Waals surface area contributed by atoms with Crippen LogP contribution in [-0.2, 0) is 10.5 Å². The highest BCUT2D eigenvalue weighted by Gasteiger charge is 2.22. The minimum absolute atomic E-state index is 0.827. The second kappa shape index (κ2) is 5.33. The van der Waals surface area contributed by atoms with E-state index in [0.717, 1.165) is 24.8 Å². The van der Waals surface area contributed by atoms with Crippen LogP contribution in [0.25, 0.3) is 0 Å². The molecule has 0 fully saturated rings. The number of nitrogen functional groups attached to an aromatic ring is 1. The minimum Gasteiger partial charge on any atom is -0.417 e. The summed E-state index contributed by atoms with van der Waals surface area (Å²) in [7, 11) is -1.52. The fraction of sp³-hybridized carbons (Fsp3) is 0.500. The second-order valence-corrected chi connectivity index (χ2v) is 8.69. The molecule has 0 aliphatic carbocycles. The predicted molar refractivity (Wildman–Crippen MR) is 68.3 cm³/mol. The molecule has 0 aromatic heterocycles. The number of anilines is 1. The van der Waals surface area contributed by atoms with Gasteiger partial charge >= 0.3 is 0 Å². The van der Waals surface area contributed by atoms with Crippen LogP contribution >= 0.6 is 0 Å². The topological polar surface area (TPSA) is 35.2 Å². The summed E-state index contributed by atoms with van der Waals surface area (Å²) in [6.07, 6.45) is 1.10. The van der Waals surface area contributed by atoms with Crippen LogP contribution in [0.15, 0.2) is 24.3 Å². The summed E-state index contributed by atoms with van der Waals surface area (Å²) in [6.45, 7) is 7.56. The first kappa shape index (κ1) is 12.3. The zero-order valence-corrected chi connectivity index (χ0v) is 10.9. The van der Waals surface area contributed by atoms with Gasteiger partial charge in [-0.2, -0.15) is 0 Å². The van der Waals surface area contributed by atoms with Crippen LogP contribution in [0, 0.1) is 0 Å². The molecule has 0 amide bonds. The van der Waals surface area contributed by atoms with E-state index in [-0.39, 0.29) is 0 Å². The summed E-state index contributed by atoms with van der Waals surface area (Å²) < 4.78 is 5.92. The average molecular weight is 223 g/mol. The fourth-order valence-electron chi connectivity index (χ4n) is 1.56. The number of rotatable bonds is 5. The van der Waals surface area contributed by atoms with Gasteiger partial charge in [0.05, 0.1) is 0 Å². The number of hydrogen-bond acceptors (Lipinski definition) is 2. The van der Waals surface area contributed by atoms with Crippen molar-refractivity contribution in [3.8, 4) is 0 Å². The third-order valence-corrected chi connectivity index (χ3v) is 4.55. The highest BCUT2D eigenvalue weighted by atomic mass is 28.4. The van der Waals surface area contributed by atoms with Crippen molar-refractivity contribution in [2.24, 2.45) is 0 Å². The van der Waals surface area contributed by atoms with E-state index < -0.39 is 8.32 Å². The maximum absolute atomic E-state index is 5.92. The van der Waals surface area contributed by atoms with Gasteiger partial charge in [-0.05, 0) is 43.3 Å². The Morgan fingerprint density at radius 3 is 2.33 bits per heavy atom. The van der Waals surface area contributed by atoms with Gasteiger partial charge in [0.1, 0.15) is 0 Å². The Kier molecular flexibility index (Phi) is 4.36. The van der Waals surface area contributed by atoms with Crippen molar-refractivity contribution in [1.82, 2.24) is 0 Å². The Morgan fingerprint density at radius 1 is 1.20 bits per heavy atom. The largest absolute Gasteiger partial charge is 0.417 e. The van der Waals surface area contributed by atoms with Crippen molar-refractivity contribution in [3.05, 3.63) is 29.8 Å².